The van der Waals surface area contributed by atoms with Gasteiger partial charge in [0.2, 0.25) is 9.84 Å². The van der Waals surface area contributed by atoms with Crippen LogP contribution in [0.1, 0.15) is 33.2 Å². The molecule has 9 heteroatoms. The SMILES string of the molecule is COC(=O)c1ccc(S(=O)(=O)c2ccc(CCN(Cc3ccccc3)C[C@H](O)c3cccc(Cl)c3)cc2)cc1Cl. The predicted molar refractivity (Wildman–Crippen MR) is 157 cm³/mol. The third-order valence-electron chi connectivity index (χ3n) is 6.52. The fourth-order valence-corrected chi connectivity index (χ4v) is 6.15. The summed E-state index contributed by atoms with van der Waals surface area (Å²) in [6, 6.07) is 27.9. The lowest BCUT2D eigenvalue weighted by Crippen LogP contribution is -2.30. The molecule has 0 amide bonds. The maximum absolute atomic E-state index is 13.2. The highest BCUT2D eigenvalue weighted by molar-refractivity contribution is 7.91. The molecule has 4 aromatic rings. The fourth-order valence-electron chi connectivity index (χ4n) is 4.34. The van der Waals surface area contributed by atoms with Gasteiger partial charge in [-0.25, -0.2) is 13.2 Å². The van der Waals surface area contributed by atoms with E-state index in [2.05, 4.69) is 9.64 Å². The van der Waals surface area contributed by atoms with E-state index < -0.39 is 21.9 Å². The number of rotatable bonds is 11. The summed E-state index contributed by atoms with van der Waals surface area (Å²) < 4.78 is 31.0. The van der Waals surface area contributed by atoms with E-state index in [0.29, 0.717) is 31.1 Å². The number of aliphatic hydroxyl groups is 1. The molecule has 4 aromatic carbocycles. The molecule has 0 heterocycles. The number of methoxy groups -OCH3 is 1. The van der Waals surface area contributed by atoms with Crippen molar-refractivity contribution in [2.45, 2.75) is 28.9 Å². The summed E-state index contributed by atoms with van der Waals surface area (Å²) in [5.74, 6) is -0.639. The molecular weight excluding hydrogens is 569 g/mol. The topological polar surface area (TPSA) is 83.9 Å². The van der Waals surface area contributed by atoms with Crippen LogP contribution < -0.4 is 0 Å². The maximum Gasteiger partial charge on any atom is 0.339 e. The highest BCUT2D eigenvalue weighted by Gasteiger charge is 2.21. The largest absolute Gasteiger partial charge is 0.465 e. The van der Waals surface area contributed by atoms with Gasteiger partial charge >= 0.3 is 5.97 Å². The normalized spacial score (nSPS) is 12.3. The Morgan fingerprint density at radius 3 is 2.23 bits per heavy atom. The molecule has 0 unspecified atom stereocenters. The summed E-state index contributed by atoms with van der Waals surface area (Å²) in [6.07, 6.45) is -0.0675. The lowest BCUT2D eigenvalue weighted by molar-refractivity contribution is 0.0600. The molecule has 4 rings (SSSR count). The minimum Gasteiger partial charge on any atom is -0.465 e. The van der Waals surface area contributed by atoms with Crippen LogP contribution in [0.5, 0.6) is 0 Å². The Morgan fingerprint density at radius 2 is 1.57 bits per heavy atom. The lowest BCUT2D eigenvalue weighted by Gasteiger charge is -2.25. The Morgan fingerprint density at radius 1 is 0.875 bits per heavy atom. The van der Waals surface area contributed by atoms with Gasteiger partial charge in [-0.3, -0.25) is 4.90 Å². The van der Waals surface area contributed by atoms with E-state index in [1.807, 2.05) is 42.5 Å². The third kappa shape index (κ3) is 7.50. The highest BCUT2D eigenvalue weighted by Crippen LogP contribution is 2.27. The number of esters is 1. The zero-order chi connectivity index (χ0) is 28.7. The highest BCUT2D eigenvalue weighted by atomic mass is 35.5. The number of ether oxygens (including phenoxy) is 1. The molecular formula is C31H29Cl2NO5S. The molecule has 0 saturated heterocycles. The predicted octanol–water partition coefficient (Wildman–Crippen LogP) is 6.39. The zero-order valence-corrected chi connectivity index (χ0v) is 24.2. The van der Waals surface area contributed by atoms with E-state index >= 15 is 0 Å². The van der Waals surface area contributed by atoms with Crippen molar-refractivity contribution in [2.75, 3.05) is 20.2 Å². The maximum atomic E-state index is 13.2. The number of hydrogen-bond acceptors (Lipinski definition) is 6. The first-order valence-corrected chi connectivity index (χ1v) is 14.8. The van der Waals surface area contributed by atoms with Gasteiger partial charge in [0.25, 0.3) is 0 Å². The number of carbonyl (C=O) groups excluding carboxylic acids is 1. The summed E-state index contributed by atoms with van der Waals surface area (Å²) in [7, 11) is -2.61. The third-order valence-corrected chi connectivity index (χ3v) is 8.84. The number of benzene rings is 4. The lowest BCUT2D eigenvalue weighted by atomic mass is 10.1. The zero-order valence-electron chi connectivity index (χ0n) is 21.8. The Labute approximate surface area is 244 Å². The molecule has 0 bridgehead atoms. The van der Waals surface area contributed by atoms with Crippen molar-refractivity contribution in [1.82, 2.24) is 4.90 Å². The van der Waals surface area contributed by atoms with Crippen LogP contribution in [-0.2, 0) is 27.5 Å². The van der Waals surface area contributed by atoms with Gasteiger partial charge < -0.3 is 9.84 Å². The van der Waals surface area contributed by atoms with Crippen molar-refractivity contribution in [3.8, 4) is 0 Å². The number of hydrogen-bond donors (Lipinski definition) is 1. The van der Waals surface area contributed by atoms with Crippen LogP contribution in [-0.4, -0.2) is 44.6 Å². The summed E-state index contributed by atoms with van der Waals surface area (Å²) in [5, 5.41) is 11.5. The van der Waals surface area contributed by atoms with Crippen LogP contribution in [0.25, 0.3) is 0 Å². The van der Waals surface area contributed by atoms with E-state index in [1.54, 1.807) is 36.4 Å². The van der Waals surface area contributed by atoms with Gasteiger partial charge in [0.1, 0.15) is 0 Å². The Balaban J connectivity index is 1.47. The number of halogens is 2. The van der Waals surface area contributed by atoms with Crippen molar-refractivity contribution in [3.63, 3.8) is 0 Å². The molecule has 0 fully saturated rings. The quantitative estimate of drug-likeness (QED) is 0.202. The fraction of sp³-hybridized carbons (Fsp3) is 0.194. The molecule has 40 heavy (non-hydrogen) atoms. The Hall–Kier alpha value is -3.20. The Kier molecular flexibility index (Phi) is 10.0. The molecule has 0 aliphatic heterocycles. The smallest absolute Gasteiger partial charge is 0.339 e. The molecule has 0 aliphatic rings. The first-order valence-electron chi connectivity index (χ1n) is 12.6. The first-order chi connectivity index (χ1) is 19.2. The molecule has 1 atom stereocenters. The van der Waals surface area contributed by atoms with E-state index in [-0.39, 0.29) is 20.4 Å². The van der Waals surface area contributed by atoms with Crippen LogP contribution in [0.3, 0.4) is 0 Å². The summed E-state index contributed by atoms with van der Waals surface area (Å²) >= 11 is 12.3. The molecule has 0 aliphatic carbocycles. The van der Waals surface area contributed by atoms with Crippen LogP contribution in [0.15, 0.2) is 107 Å². The molecule has 1 N–H and O–H groups in total. The van der Waals surface area contributed by atoms with Gasteiger partial charge in [0.15, 0.2) is 0 Å². The first kappa shape index (κ1) is 29.8. The van der Waals surface area contributed by atoms with Crippen molar-refractivity contribution in [3.05, 3.63) is 129 Å². The minimum atomic E-state index is -3.84. The van der Waals surface area contributed by atoms with Crippen molar-refractivity contribution < 1.29 is 23.1 Å². The molecule has 6 nitrogen and oxygen atoms in total. The summed E-state index contributed by atoms with van der Waals surface area (Å²) in [5.41, 5.74) is 2.92. The molecule has 0 radical (unpaired) electrons. The molecule has 208 valence electrons. The van der Waals surface area contributed by atoms with Gasteiger partial charge in [0, 0.05) is 24.7 Å². The average molecular weight is 599 g/mol. The van der Waals surface area contributed by atoms with E-state index in [9.17, 15) is 18.3 Å². The van der Waals surface area contributed by atoms with Gasteiger partial charge in [-0.1, -0.05) is 77.8 Å². The molecule has 0 aromatic heterocycles. The van der Waals surface area contributed by atoms with Crippen molar-refractivity contribution >= 4 is 39.0 Å². The second kappa shape index (κ2) is 13.4. The number of nitrogens with zero attached hydrogens (tertiary/aromatic N) is 1. The monoisotopic (exact) mass is 597 g/mol. The van der Waals surface area contributed by atoms with E-state index in [0.717, 1.165) is 16.7 Å². The molecule has 0 saturated carbocycles. The molecule has 0 spiro atoms. The van der Waals surface area contributed by atoms with Gasteiger partial charge in [-0.05, 0) is 65.6 Å². The second-order valence-electron chi connectivity index (χ2n) is 9.32. The van der Waals surface area contributed by atoms with Gasteiger partial charge in [0.05, 0.1) is 33.6 Å². The summed E-state index contributed by atoms with van der Waals surface area (Å²) in [4.78, 5) is 14.1. The number of aliphatic hydroxyl groups excluding tert-OH is 1. The van der Waals surface area contributed by atoms with E-state index in [1.165, 1.54) is 25.3 Å². The van der Waals surface area contributed by atoms with Crippen LogP contribution in [0, 0.1) is 0 Å². The number of sulfone groups is 1. The summed E-state index contributed by atoms with van der Waals surface area (Å²) in [6.45, 7) is 1.69. The van der Waals surface area contributed by atoms with Gasteiger partial charge in [-0.2, -0.15) is 0 Å². The minimum absolute atomic E-state index is 0.00279. The van der Waals surface area contributed by atoms with Crippen LogP contribution >= 0.6 is 23.2 Å². The number of carbonyl (C=O) groups is 1. The van der Waals surface area contributed by atoms with E-state index in [4.69, 9.17) is 23.2 Å². The van der Waals surface area contributed by atoms with Crippen molar-refractivity contribution in [1.29, 1.82) is 0 Å². The van der Waals surface area contributed by atoms with Crippen molar-refractivity contribution in [2.24, 2.45) is 0 Å². The standard InChI is InChI=1S/C31H29Cl2NO5S/c1-39-31(36)28-15-14-27(19-29(28)33)40(37,38)26-12-10-22(11-13-26)16-17-34(20-23-6-3-2-4-7-23)21-30(35)24-8-5-9-25(32)18-24/h2-15,18-19,30,35H,16-17,20-21H2,1H3/t30-/m0/s1. The van der Waals surface area contributed by atoms with Gasteiger partial charge in [-0.15, -0.1) is 0 Å². The average Bonchev–Trinajstić information content (AvgIpc) is 2.96. The van der Waals surface area contributed by atoms with Crippen LogP contribution in [0.4, 0.5) is 0 Å². The Bertz CT molecular complexity index is 1560. The second-order valence-corrected chi connectivity index (χ2v) is 12.1. The van der Waals surface area contributed by atoms with Crippen LogP contribution in [0.2, 0.25) is 10.0 Å².